The van der Waals surface area contributed by atoms with Gasteiger partial charge in [0.05, 0.1) is 22.3 Å². The van der Waals surface area contributed by atoms with Crippen molar-refractivity contribution in [1.29, 1.82) is 0 Å². The van der Waals surface area contributed by atoms with E-state index in [0.717, 1.165) is 21.7 Å². The number of benzene rings is 3. The molecule has 114 valence electrons. The number of fused-ring (bicyclic) bond motifs is 2. The van der Waals surface area contributed by atoms with Gasteiger partial charge in [0.2, 0.25) is 0 Å². The molecule has 4 aromatic rings. The number of nitrogens with zero attached hydrogens (tertiary/aromatic N) is 1. The standard InChI is InChI=1S/C17H13N3O2S/c21-23(22,16-8-6-12-3-1-2-4-13(12)9-16)20-15-7-5-14-11-18-19-17(14)10-15/h1-11,20H,(H,18,19). The van der Waals surface area contributed by atoms with E-state index in [2.05, 4.69) is 14.9 Å². The fourth-order valence-corrected chi connectivity index (χ4v) is 3.63. The summed E-state index contributed by atoms with van der Waals surface area (Å²) < 4.78 is 27.8. The maximum atomic E-state index is 12.6. The highest BCUT2D eigenvalue weighted by molar-refractivity contribution is 7.92. The largest absolute Gasteiger partial charge is 0.280 e. The van der Waals surface area contributed by atoms with Crippen molar-refractivity contribution in [2.45, 2.75) is 4.90 Å². The van der Waals surface area contributed by atoms with Crippen LogP contribution in [0.2, 0.25) is 0 Å². The first-order chi connectivity index (χ1) is 11.1. The SMILES string of the molecule is O=S(=O)(Nc1ccc2cn[nH]c2c1)c1ccc2ccccc2c1. The molecule has 0 saturated carbocycles. The third-order valence-corrected chi connectivity index (χ3v) is 5.10. The monoisotopic (exact) mass is 323 g/mol. The van der Waals surface area contributed by atoms with Crippen molar-refractivity contribution >= 4 is 37.4 Å². The first kappa shape index (κ1) is 13.8. The Balaban J connectivity index is 1.73. The van der Waals surface area contributed by atoms with Crippen molar-refractivity contribution in [1.82, 2.24) is 10.2 Å². The lowest BCUT2D eigenvalue weighted by molar-refractivity contribution is 0.601. The molecule has 0 fully saturated rings. The highest BCUT2D eigenvalue weighted by Gasteiger charge is 2.15. The van der Waals surface area contributed by atoms with Crippen molar-refractivity contribution in [3.05, 3.63) is 66.9 Å². The van der Waals surface area contributed by atoms with Gasteiger partial charge in [0.1, 0.15) is 0 Å². The lowest BCUT2D eigenvalue weighted by atomic mass is 10.1. The Labute approximate surface area is 133 Å². The Hall–Kier alpha value is -2.86. The molecule has 0 unspecified atom stereocenters. The first-order valence-corrected chi connectivity index (χ1v) is 8.55. The Morgan fingerprint density at radius 2 is 1.65 bits per heavy atom. The molecule has 23 heavy (non-hydrogen) atoms. The fourth-order valence-electron chi connectivity index (χ4n) is 2.55. The second-order valence-corrected chi connectivity index (χ2v) is 6.97. The number of hydrogen-bond acceptors (Lipinski definition) is 3. The van der Waals surface area contributed by atoms with Crippen LogP contribution in [0.1, 0.15) is 0 Å². The predicted molar refractivity (Wildman–Crippen MR) is 90.9 cm³/mol. The number of rotatable bonds is 3. The molecular weight excluding hydrogens is 310 g/mol. The number of aromatic nitrogens is 2. The van der Waals surface area contributed by atoms with Crippen LogP contribution in [0.3, 0.4) is 0 Å². The zero-order chi connectivity index (χ0) is 15.9. The third-order valence-electron chi connectivity index (χ3n) is 3.73. The Bertz CT molecular complexity index is 1120. The predicted octanol–water partition coefficient (Wildman–Crippen LogP) is 3.52. The molecule has 0 aliphatic carbocycles. The molecule has 4 rings (SSSR count). The molecule has 2 N–H and O–H groups in total. The van der Waals surface area contributed by atoms with Crippen LogP contribution < -0.4 is 4.72 Å². The fraction of sp³-hybridized carbons (Fsp3) is 0. The second-order valence-electron chi connectivity index (χ2n) is 5.29. The summed E-state index contributed by atoms with van der Waals surface area (Å²) in [5, 5.41) is 9.58. The second kappa shape index (κ2) is 5.10. The zero-order valence-corrected chi connectivity index (χ0v) is 12.8. The van der Waals surface area contributed by atoms with Crippen molar-refractivity contribution in [2.75, 3.05) is 4.72 Å². The van der Waals surface area contributed by atoms with Crippen LogP contribution in [0.5, 0.6) is 0 Å². The summed E-state index contributed by atoms with van der Waals surface area (Å²) in [6.45, 7) is 0. The minimum Gasteiger partial charge on any atom is -0.280 e. The van der Waals surface area contributed by atoms with Crippen molar-refractivity contribution < 1.29 is 8.42 Å². The number of anilines is 1. The van der Waals surface area contributed by atoms with Gasteiger partial charge >= 0.3 is 0 Å². The Morgan fingerprint density at radius 3 is 2.52 bits per heavy atom. The number of hydrogen-bond donors (Lipinski definition) is 2. The quantitative estimate of drug-likeness (QED) is 0.606. The van der Waals surface area contributed by atoms with Crippen LogP contribution in [-0.4, -0.2) is 18.6 Å². The molecule has 0 aliphatic rings. The van der Waals surface area contributed by atoms with E-state index in [0.29, 0.717) is 5.69 Å². The molecule has 0 bridgehead atoms. The first-order valence-electron chi connectivity index (χ1n) is 7.07. The minimum atomic E-state index is -3.64. The molecule has 3 aromatic carbocycles. The molecule has 0 atom stereocenters. The molecule has 0 spiro atoms. The van der Waals surface area contributed by atoms with Crippen LogP contribution in [0.25, 0.3) is 21.7 Å². The van der Waals surface area contributed by atoms with E-state index in [1.54, 1.807) is 30.5 Å². The van der Waals surface area contributed by atoms with E-state index >= 15 is 0 Å². The van der Waals surface area contributed by atoms with E-state index in [1.807, 2.05) is 36.4 Å². The topological polar surface area (TPSA) is 74.8 Å². The molecule has 1 heterocycles. The summed E-state index contributed by atoms with van der Waals surface area (Å²) in [5.41, 5.74) is 1.28. The minimum absolute atomic E-state index is 0.237. The van der Waals surface area contributed by atoms with E-state index in [-0.39, 0.29) is 4.90 Å². The molecule has 5 nitrogen and oxygen atoms in total. The van der Waals surface area contributed by atoms with Crippen LogP contribution >= 0.6 is 0 Å². The lowest BCUT2D eigenvalue weighted by Gasteiger charge is -2.09. The summed E-state index contributed by atoms with van der Waals surface area (Å²) >= 11 is 0. The van der Waals surface area contributed by atoms with Gasteiger partial charge in [-0.05, 0) is 41.1 Å². The average molecular weight is 323 g/mol. The van der Waals surface area contributed by atoms with Crippen molar-refractivity contribution in [2.24, 2.45) is 0 Å². The average Bonchev–Trinajstić information content (AvgIpc) is 3.01. The molecule has 0 amide bonds. The third kappa shape index (κ3) is 2.53. The van der Waals surface area contributed by atoms with E-state index in [1.165, 1.54) is 0 Å². The van der Waals surface area contributed by atoms with Gasteiger partial charge in [-0.15, -0.1) is 0 Å². The normalized spacial score (nSPS) is 11.8. The summed E-state index contributed by atoms with van der Waals surface area (Å²) in [5.74, 6) is 0. The Kier molecular flexibility index (Phi) is 3.06. The van der Waals surface area contributed by atoms with E-state index in [9.17, 15) is 8.42 Å². The van der Waals surface area contributed by atoms with Gasteiger partial charge in [0, 0.05) is 5.39 Å². The van der Waals surface area contributed by atoms with Crippen LogP contribution in [0, 0.1) is 0 Å². The van der Waals surface area contributed by atoms with Gasteiger partial charge in [-0.2, -0.15) is 5.10 Å². The van der Waals surface area contributed by atoms with Crippen LogP contribution in [0.4, 0.5) is 5.69 Å². The maximum absolute atomic E-state index is 12.6. The van der Waals surface area contributed by atoms with Gasteiger partial charge in [-0.25, -0.2) is 8.42 Å². The van der Waals surface area contributed by atoms with Crippen molar-refractivity contribution in [3.63, 3.8) is 0 Å². The van der Waals surface area contributed by atoms with Gasteiger partial charge in [0.25, 0.3) is 10.0 Å². The number of aromatic amines is 1. The highest BCUT2D eigenvalue weighted by Crippen LogP contribution is 2.23. The molecule has 0 radical (unpaired) electrons. The van der Waals surface area contributed by atoms with E-state index < -0.39 is 10.0 Å². The number of sulfonamides is 1. The maximum Gasteiger partial charge on any atom is 0.261 e. The smallest absolute Gasteiger partial charge is 0.261 e. The number of nitrogens with one attached hydrogen (secondary N) is 2. The van der Waals surface area contributed by atoms with Gasteiger partial charge in [-0.3, -0.25) is 9.82 Å². The summed E-state index contributed by atoms with van der Waals surface area (Å²) in [4.78, 5) is 0.237. The molecular formula is C17H13N3O2S. The van der Waals surface area contributed by atoms with E-state index in [4.69, 9.17) is 0 Å². The molecule has 0 aliphatic heterocycles. The van der Waals surface area contributed by atoms with Gasteiger partial charge in [-0.1, -0.05) is 30.3 Å². The highest BCUT2D eigenvalue weighted by atomic mass is 32.2. The van der Waals surface area contributed by atoms with Gasteiger partial charge < -0.3 is 0 Å². The van der Waals surface area contributed by atoms with Crippen LogP contribution in [0.15, 0.2) is 71.8 Å². The lowest BCUT2D eigenvalue weighted by Crippen LogP contribution is -2.12. The summed E-state index contributed by atoms with van der Waals surface area (Å²) in [6, 6.07) is 18.0. The van der Waals surface area contributed by atoms with Crippen molar-refractivity contribution in [3.8, 4) is 0 Å². The molecule has 6 heteroatoms. The van der Waals surface area contributed by atoms with Gasteiger partial charge in [0.15, 0.2) is 0 Å². The number of H-pyrrole nitrogens is 1. The zero-order valence-electron chi connectivity index (χ0n) is 12.0. The Morgan fingerprint density at radius 1 is 0.870 bits per heavy atom. The molecule has 1 aromatic heterocycles. The van der Waals surface area contributed by atoms with Crippen LogP contribution in [-0.2, 0) is 10.0 Å². The summed E-state index contributed by atoms with van der Waals surface area (Å²) in [6.07, 6.45) is 1.69. The summed E-state index contributed by atoms with van der Waals surface area (Å²) in [7, 11) is -3.64. The molecule has 0 saturated heterocycles.